The standard InChI is InChI=1S/C18H19F3N4O2/c1-24(2)17-22-14(8-15(23-17)18(19,20)21)11-5-4-6-13(7-11)25-9-12(10-25)16(26)27-3/h4-8,12H,9-10H2,1-3H3. The average Bonchev–Trinajstić information content (AvgIpc) is 2.59. The summed E-state index contributed by atoms with van der Waals surface area (Å²) in [5, 5.41) is 0. The SMILES string of the molecule is COC(=O)C1CN(c2cccc(-c3cc(C(F)(F)F)nc(N(C)C)n3)c2)C1. The molecule has 9 heteroatoms. The van der Waals surface area contributed by atoms with E-state index >= 15 is 0 Å². The van der Waals surface area contributed by atoms with E-state index in [2.05, 4.69) is 9.97 Å². The number of hydrogen-bond donors (Lipinski definition) is 0. The molecule has 1 aromatic carbocycles. The zero-order valence-electron chi connectivity index (χ0n) is 15.1. The van der Waals surface area contributed by atoms with E-state index in [0.717, 1.165) is 11.8 Å². The lowest BCUT2D eigenvalue weighted by atomic mass is 9.98. The highest BCUT2D eigenvalue weighted by Gasteiger charge is 2.35. The van der Waals surface area contributed by atoms with Gasteiger partial charge in [-0.2, -0.15) is 13.2 Å². The van der Waals surface area contributed by atoms with Crippen LogP contribution in [0.5, 0.6) is 0 Å². The summed E-state index contributed by atoms with van der Waals surface area (Å²) in [6.07, 6.45) is -4.56. The van der Waals surface area contributed by atoms with Crippen LogP contribution in [0.3, 0.4) is 0 Å². The maximum absolute atomic E-state index is 13.2. The molecule has 144 valence electrons. The molecule has 0 spiro atoms. The molecule has 6 nitrogen and oxygen atoms in total. The van der Waals surface area contributed by atoms with E-state index in [1.165, 1.54) is 12.0 Å². The lowest BCUT2D eigenvalue weighted by molar-refractivity contribution is -0.146. The second kappa shape index (κ2) is 7.05. The molecule has 0 amide bonds. The Bertz CT molecular complexity index is 849. The molecule has 1 aliphatic heterocycles. The molecule has 27 heavy (non-hydrogen) atoms. The first kappa shape index (κ1) is 18.9. The van der Waals surface area contributed by atoms with E-state index in [4.69, 9.17) is 4.74 Å². The molecule has 0 atom stereocenters. The molecule has 2 aromatic rings. The summed E-state index contributed by atoms with van der Waals surface area (Å²) in [6.45, 7) is 1.02. The topological polar surface area (TPSA) is 58.6 Å². The lowest BCUT2D eigenvalue weighted by Crippen LogP contribution is -2.50. The van der Waals surface area contributed by atoms with Crippen LogP contribution in [-0.4, -0.2) is 50.2 Å². The first-order chi connectivity index (χ1) is 12.7. The number of rotatable bonds is 4. The van der Waals surface area contributed by atoms with Crippen LogP contribution in [0.15, 0.2) is 30.3 Å². The fourth-order valence-corrected chi connectivity index (χ4v) is 2.79. The van der Waals surface area contributed by atoms with Crippen LogP contribution in [0.4, 0.5) is 24.8 Å². The molecule has 1 fully saturated rings. The van der Waals surface area contributed by atoms with Gasteiger partial charge in [-0.05, 0) is 18.2 Å². The van der Waals surface area contributed by atoms with Gasteiger partial charge in [0.2, 0.25) is 5.95 Å². The van der Waals surface area contributed by atoms with Crippen molar-refractivity contribution in [3.8, 4) is 11.3 Å². The highest BCUT2D eigenvalue weighted by atomic mass is 19.4. The fraction of sp³-hybridized carbons (Fsp3) is 0.389. The van der Waals surface area contributed by atoms with Crippen molar-refractivity contribution in [2.24, 2.45) is 5.92 Å². The quantitative estimate of drug-likeness (QED) is 0.761. The lowest BCUT2D eigenvalue weighted by Gasteiger charge is -2.39. The van der Waals surface area contributed by atoms with Gasteiger partial charge in [0.25, 0.3) is 0 Å². The van der Waals surface area contributed by atoms with E-state index in [9.17, 15) is 18.0 Å². The normalized spacial score (nSPS) is 14.7. The van der Waals surface area contributed by atoms with Crippen LogP contribution in [0.1, 0.15) is 5.69 Å². The van der Waals surface area contributed by atoms with Gasteiger partial charge in [-0.25, -0.2) is 9.97 Å². The summed E-state index contributed by atoms with van der Waals surface area (Å²) in [4.78, 5) is 22.7. The number of esters is 1. The van der Waals surface area contributed by atoms with Gasteiger partial charge in [-0.15, -0.1) is 0 Å². The van der Waals surface area contributed by atoms with Crippen molar-refractivity contribution in [3.05, 3.63) is 36.0 Å². The highest BCUT2D eigenvalue weighted by molar-refractivity contribution is 5.77. The summed E-state index contributed by atoms with van der Waals surface area (Å²) >= 11 is 0. The largest absolute Gasteiger partial charge is 0.469 e. The van der Waals surface area contributed by atoms with Gasteiger partial charge in [0, 0.05) is 38.4 Å². The van der Waals surface area contributed by atoms with E-state index in [1.807, 2.05) is 11.0 Å². The van der Waals surface area contributed by atoms with Gasteiger partial charge in [0.1, 0.15) is 0 Å². The molecular formula is C18H19F3N4O2. The minimum absolute atomic E-state index is 0.0140. The molecule has 1 saturated heterocycles. The van der Waals surface area contributed by atoms with Crippen LogP contribution >= 0.6 is 0 Å². The Hall–Kier alpha value is -2.84. The molecule has 0 aliphatic carbocycles. The van der Waals surface area contributed by atoms with Crippen LogP contribution in [0, 0.1) is 5.92 Å². The Morgan fingerprint density at radius 2 is 1.93 bits per heavy atom. The zero-order valence-corrected chi connectivity index (χ0v) is 15.1. The van der Waals surface area contributed by atoms with Crippen molar-refractivity contribution in [1.82, 2.24) is 9.97 Å². The maximum Gasteiger partial charge on any atom is 0.433 e. The maximum atomic E-state index is 13.2. The first-order valence-electron chi connectivity index (χ1n) is 8.26. The molecule has 1 aromatic heterocycles. The summed E-state index contributed by atoms with van der Waals surface area (Å²) in [5.41, 5.74) is 0.556. The average molecular weight is 380 g/mol. The molecule has 0 radical (unpaired) electrons. The monoisotopic (exact) mass is 380 g/mol. The smallest absolute Gasteiger partial charge is 0.433 e. The van der Waals surface area contributed by atoms with Gasteiger partial charge < -0.3 is 14.5 Å². The van der Waals surface area contributed by atoms with Crippen molar-refractivity contribution >= 4 is 17.6 Å². The summed E-state index contributed by atoms with van der Waals surface area (Å²) in [6, 6.07) is 7.99. The van der Waals surface area contributed by atoms with Gasteiger partial charge in [0.15, 0.2) is 5.69 Å². The number of carbonyl (C=O) groups is 1. The second-order valence-corrected chi connectivity index (χ2v) is 6.51. The molecule has 0 unspecified atom stereocenters. The molecule has 3 rings (SSSR count). The number of ether oxygens (including phenoxy) is 1. The molecule has 2 heterocycles. The number of hydrogen-bond acceptors (Lipinski definition) is 6. The number of anilines is 2. The third-order valence-corrected chi connectivity index (χ3v) is 4.33. The fourth-order valence-electron chi connectivity index (χ4n) is 2.79. The van der Waals surface area contributed by atoms with Crippen molar-refractivity contribution in [3.63, 3.8) is 0 Å². The van der Waals surface area contributed by atoms with Crippen LogP contribution in [0.2, 0.25) is 0 Å². The number of halogens is 3. The van der Waals surface area contributed by atoms with Crippen LogP contribution in [-0.2, 0) is 15.7 Å². The van der Waals surface area contributed by atoms with E-state index in [-0.39, 0.29) is 23.5 Å². The van der Waals surface area contributed by atoms with Crippen molar-refractivity contribution in [2.45, 2.75) is 6.18 Å². The number of carbonyl (C=O) groups excluding carboxylic acids is 1. The summed E-state index contributed by atoms with van der Waals surface area (Å²) in [7, 11) is 4.52. The van der Waals surface area contributed by atoms with E-state index < -0.39 is 11.9 Å². The molecule has 0 N–H and O–H groups in total. The minimum atomic E-state index is -4.56. The first-order valence-corrected chi connectivity index (χ1v) is 8.26. The molecule has 0 bridgehead atoms. The third-order valence-electron chi connectivity index (χ3n) is 4.33. The molecular weight excluding hydrogens is 361 g/mol. The van der Waals surface area contributed by atoms with Crippen molar-refractivity contribution < 1.29 is 22.7 Å². The van der Waals surface area contributed by atoms with Gasteiger partial charge in [-0.1, -0.05) is 12.1 Å². The molecule has 0 saturated carbocycles. The predicted molar refractivity (Wildman–Crippen MR) is 94.5 cm³/mol. The zero-order chi connectivity index (χ0) is 19.8. The van der Waals surface area contributed by atoms with Crippen LogP contribution in [0.25, 0.3) is 11.3 Å². The van der Waals surface area contributed by atoms with Gasteiger partial charge in [0.05, 0.1) is 18.7 Å². The van der Waals surface area contributed by atoms with Crippen LogP contribution < -0.4 is 9.80 Å². The van der Waals surface area contributed by atoms with E-state index in [1.54, 1.807) is 32.3 Å². The number of methoxy groups -OCH3 is 1. The third kappa shape index (κ3) is 3.96. The number of nitrogens with zero attached hydrogens (tertiary/aromatic N) is 4. The van der Waals surface area contributed by atoms with Crippen molar-refractivity contribution in [1.29, 1.82) is 0 Å². The molecule has 1 aliphatic rings. The Labute approximate surface area is 154 Å². The second-order valence-electron chi connectivity index (χ2n) is 6.51. The predicted octanol–water partition coefficient (Wildman–Crippen LogP) is 2.84. The Kier molecular flexibility index (Phi) is 4.95. The summed E-state index contributed by atoms with van der Waals surface area (Å²) in [5.74, 6) is -0.460. The van der Waals surface area contributed by atoms with Crippen molar-refractivity contribution in [2.75, 3.05) is 44.1 Å². The van der Waals surface area contributed by atoms with Gasteiger partial charge in [-0.3, -0.25) is 4.79 Å². The highest BCUT2D eigenvalue weighted by Crippen LogP contribution is 2.33. The Balaban J connectivity index is 1.91. The van der Waals surface area contributed by atoms with Gasteiger partial charge >= 0.3 is 12.1 Å². The number of aromatic nitrogens is 2. The number of benzene rings is 1. The number of alkyl halides is 3. The summed E-state index contributed by atoms with van der Waals surface area (Å²) < 4.78 is 44.3. The minimum Gasteiger partial charge on any atom is -0.469 e. The Morgan fingerprint density at radius 1 is 1.22 bits per heavy atom. The van der Waals surface area contributed by atoms with E-state index in [0.29, 0.717) is 18.7 Å². The Morgan fingerprint density at radius 3 is 2.52 bits per heavy atom.